The van der Waals surface area contributed by atoms with E-state index in [9.17, 15) is 18.0 Å². The second-order valence-corrected chi connectivity index (χ2v) is 9.04. The average Bonchev–Trinajstić information content (AvgIpc) is 2.78. The summed E-state index contributed by atoms with van der Waals surface area (Å²) in [6.45, 7) is 3.45. The number of primary amides is 1. The molecule has 3 rings (SSSR count). The first-order valence-electron chi connectivity index (χ1n) is 10.8. The molecular weight excluding hydrogens is 465 g/mol. The molecule has 0 radical (unpaired) electrons. The highest BCUT2D eigenvalue weighted by Crippen LogP contribution is 2.36. The number of nitrogens with zero attached hydrogens (tertiary/aromatic N) is 1. The van der Waals surface area contributed by atoms with Gasteiger partial charge in [-0.25, -0.2) is 4.98 Å². The number of hydrogen-bond donors (Lipinski definition) is 1. The molecule has 0 aliphatic rings. The maximum Gasteiger partial charge on any atom is 0.416 e. The van der Waals surface area contributed by atoms with Gasteiger partial charge in [-0.05, 0) is 60.9 Å². The third-order valence-electron chi connectivity index (χ3n) is 5.91. The van der Waals surface area contributed by atoms with E-state index in [1.54, 1.807) is 0 Å². The number of halogens is 4. The summed E-state index contributed by atoms with van der Waals surface area (Å²) in [6, 6.07) is 19.0. The number of ether oxygens (including phenoxy) is 1. The predicted molar refractivity (Wildman–Crippen MR) is 126 cm³/mol. The van der Waals surface area contributed by atoms with Crippen molar-refractivity contribution in [2.24, 2.45) is 11.7 Å². The van der Waals surface area contributed by atoms with Crippen molar-refractivity contribution in [3.63, 3.8) is 0 Å². The molecule has 2 aromatic carbocycles. The van der Waals surface area contributed by atoms with Crippen molar-refractivity contribution in [2.45, 2.75) is 44.4 Å². The standard InChI is InChI=1S/C26H26ClF3N2O2/c1-17(22(19-6-4-3-5-7-19)14-18-8-10-21(27)11-9-18)16-25(2,24(31)33)34-23-15-20(12-13-32-23)26(28,29)30/h3-13,15,17,22H,14,16H2,1-2H3,(H2,31,33). The fourth-order valence-corrected chi connectivity index (χ4v) is 4.17. The molecule has 1 aromatic heterocycles. The van der Waals surface area contributed by atoms with Gasteiger partial charge in [0.15, 0.2) is 5.60 Å². The van der Waals surface area contributed by atoms with Crippen LogP contribution in [0.4, 0.5) is 13.2 Å². The Morgan fingerprint density at radius 3 is 2.32 bits per heavy atom. The number of aromatic nitrogens is 1. The molecule has 0 bridgehead atoms. The van der Waals surface area contributed by atoms with Gasteiger partial charge >= 0.3 is 6.18 Å². The van der Waals surface area contributed by atoms with Crippen molar-refractivity contribution in [3.05, 3.63) is 94.6 Å². The fourth-order valence-electron chi connectivity index (χ4n) is 4.04. The quantitative estimate of drug-likeness (QED) is 0.376. The summed E-state index contributed by atoms with van der Waals surface area (Å²) in [7, 11) is 0. The van der Waals surface area contributed by atoms with Crippen molar-refractivity contribution in [2.75, 3.05) is 0 Å². The predicted octanol–water partition coefficient (Wildman–Crippen LogP) is 6.43. The van der Waals surface area contributed by atoms with Gasteiger partial charge in [-0.2, -0.15) is 13.2 Å². The summed E-state index contributed by atoms with van der Waals surface area (Å²) >= 11 is 6.02. The molecule has 0 spiro atoms. The van der Waals surface area contributed by atoms with Gasteiger partial charge < -0.3 is 10.5 Å². The maximum atomic E-state index is 13.1. The van der Waals surface area contributed by atoms with Gasteiger partial charge in [-0.15, -0.1) is 0 Å². The monoisotopic (exact) mass is 490 g/mol. The molecule has 1 heterocycles. The molecule has 8 heteroatoms. The number of carbonyl (C=O) groups is 1. The summed E-state index contributed by atoms with van der Waals surface area (Å²) in [6.07, 6.45) is -2.73. The van der Waals surface area contributed by atoms with E-state index in [-0.39, 0.29) is 24.1 Å². The first kappa shape index (κ1) is 25.6. The van der Waals surface area contributed by atoms with Crippen molar-refractivity contribution < 1.29 is 22.7 Å². The number of carbonyl (C=O) groups excluding carboxylic acids is 1. The summed E-state index contributed by atoms with van der Waals surface area (Å²) in [5, 5.41) is 0.636. The highest BCUT2D eigenvalue weighted by atomic mass is 35.5. The molecule has 0 aliphatic carbocycles. The highest BCUT2D eigenvalue weighted by Gasteiger charge is 2.39. The van der Waals surface area contributed by atoms with Crippen molar-refractivity contribution in [1.29, 1.82) is 0 Å². The van der Waals surface area contributed by atoms with Crippen LogP contribution in [0.3, 0.4) is 0 Å². The van der Waals surface area contributed by atoms with Crippen LogP contribution < -0.4 is 10.5 Å². The Kier molecular flexibility index (Phi) is 7.87. The lowest BCUT2D eigenvalue weighted by Gasteiger charge is -2.33. The minimum absolute atomic E-state index is 0.0147. The normalized spacial score (nSPS) is 15.2. The van der Waals surface area contributed by atoms with Gasteiger partial charge in [0.2, 0.25) is 5.88 Å². The number of hydrogen-bond acceptors (Lipinski definition) is 3. The zero-order valence-electron chi connectivity index (χ0n) is 18.9. The summed E-state index contributed by atoms with van der Waals surface area (Å²) < 4.78 is 45.1. The molecule has 0 fully saturated rings. The molecule has 34 heavy (non-hydrogen) atoms. The summed E-state index contributed by atoms with van der Waals surface area (Å²) in [5.74, 6) is -1.23. The van der Waals surface area contributed by atoms with Crippen LogP contribution in [0, 0.1) is 5.92 Å². The van der Waals surface area contributed by atoms with Crippen LogP contribution in [0.15, 0.2) is 72.9 Å². The van der Waals surface area contributed by atoms with Crippen LogP contribution in [0.1, 0.15) is 42.9 Å². The summed E-state index contributed by atoms with van der Waals surface area (Å²) in [5.41, 5.74) is 5.32. The molecule has 3 aromatic rings. The van der Waals surface area contributed by atoms with Gasteiger partial charge in [0, 0.05) is 17.3 Å². The van der Waals surface area contributed by atoms with Crippen molar-refractivity contribution in [1.82, 2.24) is 4.98 Å². The third-order valence-corrected chi connectivity index (χ3v) is 6.16. The second-order valence-electron chi connectivity index (χ2n) is 8.61. The van der Waals surface area contributed by atoms with Crippen LogP contribution in [-0.4, -0.2) is 16.5 Å². The first-order chi connectivity index (χ1) is 16.0. The Labute approximate surface area is 201 Å². The number of amides is 1. The van der Waals surface area contributed by atoms with Crippen LogP contribution in [0.2, 0.25) is 5.02 Å². The van der Waals surface area contributed by atoms with Crippen LogP contribution in [0.5, 0.6) is 5.88 Å². The van der Waals surface area contributed by atoms with E-state index in [1.165, 1.54) is 6.92 Å². The van der Waals surface area contributed by atoms with Crippen LogP contribution in [0.25, 0.3) is 0 Å². The molecular formula is C26H26ClF3N2O2. The van der Waals surface area contributed by atoms with Crippen molar-refractivity contribution in [3.8, 4) is 5.88 Å². The zero-order valence-corrected chi connectivity index (χ0v) is 19.6. The minimum atomic E-state index is -4.56. The van der Waals surface area contributed by atoms with Crippen LogP contribution in [-0.2, 0) is 17.4 Å². The highest BCUT2D eigenvalue weighted by molar-refractivity contribution is 6.30. The van der Waals surface area contributed by atoms with E-state index in [2.05, 4.69) is 4.98 Å². The van der Waals surface area contributed by atoms with E-state index >= 15 is 0 Å². The number of alkyl halides is 3. The molecule has 0 saturated carbocycles. The van der Waals surface area contributed by atoms with E-state index in [4.69, 9.17) is 22.1 Å². The Hall–Kier alpha value is -3.06. The molecule has 0 aliphatic heterocycles. The lowest BCUT2D eigenvalue weighted by Crippen LogP contribution is -2.48. The number of nitrogens with two attached hydrogens (primary N) is 1. The SMILES string of the molecule is CC(CC(C)(Oc1cc(C(F)(F)F)ccn1)C(N)=O)C(Cc1ccc(Cl)cc1)c1ccccc1. The number of rotatable bonds is 9. The minimum Gasteiger partial charge on any atom is -0.461 e. The summed E-state index contributed by atoms with van der Waals surface area (Å²) in [4.78, 5) is 16.3. The Morgan fingerprint density at radius 2 is 1.74 bits per heavy atom. The fraction of sp³-hybridized carbons (Fsp3) is 0.308. The number of benzene rings is 2. The Bertz CT molecular complexity index is 1110. The van der Waals surface area contributed by atoms with Gasteiger partial charge in [-0.3, -0.25) is 4.79 Å². The lowest BCUT2D eigenvalue weighted by molar-refractivity contribution is -0.138. The second kappa shape index (κ2) is 10.5. The maximum absolute atomic E-state index is 13.1. The van der Waals surface area contributed by atoms with Crippen LogP contribution >= 0.6 is 11.6 Å². The average molecular weight is 491 g/mol. The zero-order chi connectivity index (χ0) is 24.9. The van der Waals surface area contributed by atoms with Crippen molar-refractivity contribution >= 4 is 17.5 Å². The topological polar surface area (TPSA) is 65.2 Å². The largest absolute Gasteiger partial charge is 0.461 e. The molecule has 2 N–H and O–H groups in total. The molecule has 1 amide bonds. The van der Waals surface area contributed by atoms with Gasteiger partial charge in [0.1, 0.15) is 0 Å². The van der Waals surface area contributed by atoms with E-state index in [1.807, 2.05) is 61.5 Å². The molecule has 0 saturated heterocycles. The molecule has 3 unspecified atom stereocenters. The van der Waals surface area contributed by atoms with E-state index in [0.29, 0.717) is 11.4 Å². The van der Waals surface area contributed by atoms with E-state index in [0.717, 1.165) is 29.5 Å². The Morgan fingerprint density at radius 1 is 1.09 bits per heavy atom. The molecule has 180 valence electrons. The lowest BCUT2D eigenvalue weighted by atomic mass is 9.77. The Balaban J connectivity index is 1.88. The van der Waals surface area contributed by atoms with Gasteiger partial charge in [0.05, 0.1) is 5.56 Å². The van der Waals surface area contributed by atoms with Gasteiger partial charge in [-0.1, -0.05) is 61.0 Å². The smallest absolute Gasteiger partial charge is 0.416 e. The third kappa shape index (κ3) is 6.50. The molecule has 4 nitrogen and oxygen atoms in total. The molecule has 3 atom stereocenters. The number of pyridine rings is 1. The van der Waals surface area contributed by atoms with Gasteiger partial charge in [0.25, 0.3) is 5.91 Å². The first-order valence-corrected chi connectivity index (χ1v) is 11.2. The van der Waals surface area contributed by atoms with E-state index < -0.39 is 23.2 Å².